The van der Waals surface area contributed by atoms with Crippen LogP contribution in [0.3, 0.4) is 0 Å². The molecule has 0 aromatic heterocycles. The van der Waals surface area contributed by atoms with E-state index in [-0.39, 0.29) is 5.91 Å². The van der Waals surface area contributed by atoms with Crippen molar-refractivity contribution in [1.29, 1.82) is 0 Å². The van der Waals surface area contributed by atoms with Crippen LogP contribution < -0.4 is 15.0 Å². The Morgan fingerprint density at radius 2 is 1.70 bits per heavy atom. The van der Waals surface area contributed by atoms with Crippen LogP contribution in [0, 0.1) is 0 Å². The highest BCUT2D eigenvalue weighted by molar-refractivity contribution is 6.12. The number of carbonyl (C=O) groups excluding carboxylic acids is 2. The number of benzene rings is 3. The molecule has 0 spiro atoms. The molecule has 0 fully saturated rings. The molecule has 152 valence electrons. The zero-order chi connectivity index (χ0) is 21.1. The Labute approximate surface area is 175 Å². The molecule has 6 nitrogen and oxygen atoms in total. The molecule has 6 heteroatoms. The summed E-state index contributed by atoms with van der Waals surface area (Å²) in [5.41, 5.74) is 3.42. The molecule has 0 saturated heterocycles. The third kappa shape index (κ3) is 3.59. The molecule has 4 rings (SSSR count). The minimum absolute atomic E-state index is 0.101. The molecule has 0 bridgehead atoms. The molecule has 1 heterocycles. The molecule has 3 aromatic rings. The number of amides is 1. The van der Waals surface area contributed by atoms with E-state index in [9.17, 15) is 9.59 Å². The molecule has 0 saturated carbocycles. The van der Waals surface area contributed by atoms with Crippen LogP contribution in [0.2, 0.25) is 0 Å². The molecule has 0 radical (unpaired) electrons. The number of fused-ring (bicyclic) bond motifs is 1. The minimum Gasteiger partial charge on any atom is -0.494 e. The quantitative estimate of drug-likeness (QED) is 0.630. The van der Waals surface area contributed by atoms with Crippen molar-refractivity contribution >= 4 is 23.3 Å². The smallest absolute Gasteiger partial charge is 0.337 e. The van der Waals surface area contributed by atoms with Crippen LogP contribution in [0.5, 0.6) is 5.75 Å². The predicted octanol–water partition coefficient (Wildman–Crippen LogP) is 4.64. The van der Waals surface area contributed by atoms with Crippen LogP contribution in [0.4, 0.5) is 11.4 Å². The average Bonchev–Trinajstić information content (AvgIpc) is 2.79. The molecular formula is C24H22N2O4. The molecular weight excluding hydrogens is 380 g/mol. The van der Waals surface area contributed by atoms with Gasteiger partial charge in [-0.3, -0.25) is 9.69 Å². The van der Waals surface area contributed by atoms with E-state index in [1.165, 1.54) is 7.11 Å². The SMILES string of the molecule is CCOc1ccc(N2C(=O)c3ccccc3N[C@H]2c2ccc(C(=O)OC)cc2)cc1. The van der Waals surface area contributed by atoms with Gasteiger partial charge in [0.15, 0.2) is 0 Å². The normalized spacial score (nSPS) is 15.2. The van der Waals surface area contributed by atoms with Crippen LogP contribution >= 0.6 is 0 Å². The van der Waals surface area contributed by atoms with Crippen LogP contribution in [-0.2, 0) is 4.74 Å². The van der Waals surface area contributed by atoms with Crippen molar-refractivity contribution < 1.29 is 19.1 Å². The van der Waals surface area contributed by atoms with E-state index in [2.05, 4.69) is 5.32 Å². The van der Waals surface area contributed by atoms with E-state index >= 15 is 0 Å². The first-order valence-electron chi connectivity index (χ1n) is 9.72. The fourth-order valence-electron chi connectivity index (χ4n) is 3.54. The molecule has 0 unspecified atom stereocenters. The van der Waals surface area contributed by atoms with E-state index in [1.807, 2.05) is 67.6 Å². The minimum atomic E-state index is -0.433. The zero-order valence-electron chi connectivity index (χ0n) is 16.8. The summed E-state index contributed by atoms with van der Waals surface area (Å²) in [5, 5.41) is 3.45. The first kappa shape index (κ1) is 19.5. The van der Waals surface area contributed by atoms with Crippen LogP contribution in [-0.4, -0.2) is 25.6 Å². The van der Waals surface area contributed by atoms with Crippen molar-refractivity contribution in [3.05, 3.63) is 89.5 Å². The van der Waals surface area contributed by atoms with E-state index in [1.54, 1.807) is 17.0 Å². The highest BCUT2D eigenvalue weighted by atomic mass is 16.5. The predicted molar refractivity (Wildman–Crippen MR) is 115 cm³/mol. The number of hydrogen-bond donors (Lipinski definition) is 1. The fraction of sp³-hybridized carbons (Fsp3) is 0.167. The molecule has 30 heavy (non-hydrogen) atoms. The lowest BCUT2D eigenvalue weighted by molar-refractivity contribution is 0.0600. The number of rotatable bonds is 5. The zero-order valence-corrected chi connectivity index (χ0v) is 16.8. The molecule has 1 aliphatic rings. The lowest BCUT2D eigenvalue weighted by atomic mass is 10.0. The Hall–Kier alpha value is -3.80. The second-order valence-electron chi connectivity index (χ2n) is 6.81. The van der Waals surface area contributed by atoms with Crippen molar-refractivity contribution in [3.63, 3.8) is 0 Å². The Morgan fingerprint density at radius 3 is 2.37 bits per heavy atom. The van der Waals surface area contributed by atoms with Crippen LogP contribution in [0.25, 0.3) is 0 Å². The largest absolute Gasteiger partial charge is 0.494 e. The lowest BCUT2D eigenvalue weighted by Gasteiger charge is -2.38. The van der Waals surface area contributed by atoms with Gasteiger partial charge in [0, 0.05) is 11.4 Å². The van der Waals surface area contributed by atoms with Gasteiger partial charge >= 0.3 is 5.97 Å². The van der Waals surface area contributed by atoms with E-state index in [0.717, 1.165) is 22.7 Å². The standard InChI is InChI=1S/C24H22N2O4/c1-3-30-19-14-12-18(13-15-19)26-22(16-8-10-17(11-9-16)24(28)29-2)25-21-7-5-4-6-20(21)23(26)27/h4-15,22,25H,3H2,1-2H3/t22-/m1/s1. The number of hydrogen-bond acceptors (Lipinski definition) is 5. The number of nitrogens with one attached hydrogen (secondary N) is 1. The number of esters is 1. The maximum Gasteiger partial charge on any atom is 0.337 e. The van der Waals surface area contributed by atoms with Gasteiger partial charge in [-0.15, -0.1) is 0 Å². The number of para-hydroxylation sites is 1. The molecule has 3 aromatic carbocycles. The molecule has 1 aliphatic heterocycles. The summed E-state index contributed by atoms with van der Waals surface area (Å²) < 4.78 is 10.3. The van der Waals surface area contributed by atoms with Crippen LogP contribution in [0.1, 0.15) is 39.4 Å². The number of ether oxygens (including phenoxy) is 2. The lowest BCUT2D eigenvalue weighted by Crippen LogP contribution is -2.43. The summed E-state index contributed by atoms with van der Waals surface area (Å²) in [6.07, 6.45) is -0.433. The molecule has 1 amide bonds. The Kier molecular flexibility index (Phi) is 5.39. The van der Waals surface area contributed by atoms with Gasteiger partial charge in [-0.2, -0.15) is 0 Å². The summed E-state index contributed by atoms with van der Waals surface area (Å²) in [6.45, 7) is 2.50. The Bertz CT molecular complexity index is 1060. The van der Waals surface area contributed by atoms with E-state index in [4.69, 9.17) is 9.47 Å². The van der Waals surface area contributed by atoms with Gasteiger partial charge in [0.25, 0.3) is 5.91 Å². The van der Waals surface area contributed by atoms with Gasteiger partial charge in [0.2, 0.25) is 0 Å². The summed E-state index contributed by atoms with van der Waals surface area (Å²) in [6, 6.07) is 21.9. The second kappa shape index (κ2) is 8.29. The summed E-state index contributed by atoms with van der Waals surface area (Å²) in [7, 11) is 1.35. The van der Waals surface area contributed by atoms with Crippen molar-refractivity contribution in [2.75, 3.05) is 23.9 Å². The fourth-order valence-corrected chi connectivity index (χ4v) is 3.54. The summed E-state index contributed by atoms with van der Waals surface area (Å²) in [4.78, 5) is 26.9. The third-order valence-electron chi connectivity index (χ3n) is 5.00. The van der Waals surface area contributed by atoms with Crippen LogP contribution in [0.15, 0.2) is 72.8 Å². The van der Waals surface area contributed by atoms with Gasteiger partial charge in [0.05, 0.1) is 24.8 Å². The maximum atomic E-state index is 13.4. The van der Waals surface area contributed by atoms with Gasteiger partial charge < -0.3 is 14.8 Å². The highest BCUT2D eigenvalue weighted by Gasteiger charge is 2.34. The van der Waals surface area contributed by atoms with E-state index < -0.39 is 12.1 Å². The first-order chi connectivity index (χ1) is 14.6. The van der Waals surface area contributed by atoms with Gasteiger partial charge in [-0.25, -0.2) is 4.79 Å². The van der Waals surface area contributed by atoms with Crippen molar-refractivity contribution in [2.45, 2.75) is 13.1 Å². The molecule has 1 N–H and O–H groups in total. The summed E-state index contributed by atoms with van der Waals surface area (Å²) >= 11 is 0. The monoisotopic (exact) mass is 402 g/mol. The van der Waals surface area contributed by atoms with Crippen molar-refractivity contribution in [1.82, 2.24) is 0 Å². The number of methoxy groups -OCH3 is 1. The Balaban J connectivity index is 1.75. The van der Waals surface area contributed by atoms with Gasteiger partial charge in [-0.05, 0) is 61.0 Å². The van der Waals surface area contributed by atoms with E-state index in [0.29, 0.717) is 17.7 Å². The maximum absolute atomic E-state index is 13.4. The molecule has 0 aliphatic carbocycles. The number of carbonyl (C=O) groups is 2. The molecule has 1 atom stereocenters. The highest BCUT2D eigenvalue weighted by Crippen LogP contribution is 2.37. The van der Waals surface area contributed by atoms with Crippen molar-refractivity contribution in [3.8, 4) is 5.75 Å². The number of nitrogens with zero attached hydrogens (tertiary/aromatic N) is 1. The average molecular weight is 402 g/mol. The summed E-state index contributed by atoms with van der Waals surface area (Å²) in [5.74, 6) is 0.247. The Morgan fingerprint density at radius 1 is 1.00 bits per heavy atom. The first-order valence-corrected chi connectivity index (χ1v) is 9.72. The second-order valence-corrected chi connectivity index (χ2v) is 6.81. The van der Waals surface area contributed by atoms with Gasteiger partial charge in [0.1, 0.15) is 11.9 Å². The number of anilines is 2. The topological polar surface area (TPSA) is 67.9 Å². The third-order valence-corrected chi connectivity index (χ3v) is 5.00. The van der Waals surface area contributed by atoms with Crippen molar-refractivity contribution in [2.24, 2.45) is 0 Å². The van der Waals surface area contributed by atoms with Gasteiger partial charge in [-0.1, -0.05) is 24.3 Å².